The summed E-state index contributed by atoms with van der Waals surface area (Å²) >= 11 is 0. The molecule has 1 saturated carbocycles. The van der Waals surface area contributed by atoms with Crippen LogP contribution in [-0.4, -0.2) is 37.4 Å². The van der Waals surface area contributed by atoms with Gasteiger partial charge in [0.1, 0.15) is 11.5 Å². The third-order valence-corrected chi connectivity index (χ3v) is 3.97. The molecule has 5 nitrogen and oxygen atoms in total. The van der Waals surface area contributed by atoms with Gasteiger partial charge in [0.05, 0.1) is 12.6 Å². The predicted octanol–water partition coefficient (Wildman–Crippen LogP) is 1.85. The first-order chi connectivity index (χ1) is 10.1. The van der Waals surface area contributed by atoms with E-state index in [-0.39, 0.29) is 18.6 Å². The average molecular weight is 295 g/mol. The summed E-state index contributed by atoms with van der Waals surface area (Å²) in [5.41, 5.74) is 0. The first-order valence-corrected chi connectivity index (χ1v) is 7.61. The number of nitrogens with one attached hydrogen (secondary N) is 1. The van der Waals surface area contributed by atoms with E-state index in [4.69, 9.17) is 14.3 Å². The lowest BCUT2D eigenvalue weighted by Crippen LogP contribution is -2.38. The molecule has 0 spiro atoms. The summed E-state index contributed by atoms with van der Waals surface area (Å²) in [6.07, 6.45) is 2.70. The Labute approximate surface area is 125 Å². The summed E-state index contributed by atoms with van der Waals surface area (Å²) in [5.74, 6) is 3.17. The molecule has 0 aromatic carbocycles. The fraction of sp³-hybridized carbons (Fsp3) is 0.688. The molecule has 1 aromatic heterocycles. The van der Waals surface area contributed by atoms with E-state index in [1.807, 2.05) is 12.1 Å². The number of ether oxygens (including phenoxy) is 1. The van der Waals surface area contributed by atoms with Gasteiger partial charge in [-0.1, -0.05) is 6.92 Å². The van der Waals surface area contributed by atoms with E-state index >= 15 is 0 Å². The Morgan fingerprint density at radius 1 is 1.57 bits per heavy atom. The summed E-state index contributed by atoms with van der Waals surface area (Å²) in [5, 5.41) is 11.8. The van der Waals surface area contributed by atoms with E-state index in [1.54, 1.807) is 7.11 Å². The maximum atomic E-state index is 11.9. The lowest BCUT2D eigenvalue weighted by molar-refractivity contribution is -0.122. The zero-order chi connectivity index (χ0) is 15.2. The molecule has 1 heterocycles. The van der Waals surface area contributed by atoms with Crippen LogP contribution in [0, 0.1) is 5.92 Å². The highest BCUT2D eigenvalue weighted by atomic mass is 16.5. The van der Waals surface area contributed by atoms with E-state index in [0.29, 0.717) is 31.8 Å². The molecule has 0 saturated heterocycles. The molecule has 21 heavy (non-hydrogen) atoms. The van der Waals surface area contributed by atoms with E-state index in [0.717, 1.165) is 17.4 Å². The van der Waals surface area contributed by atoms with Crippen molar-refractivity contribution in [3.05, 3.63) is 23.7 Å². The molecule has 3 unspecified atom stereocenters. The quantitative estimate of drug-likeness (QED) is 0.729. The van der Waals surface area contributed by atoms with Crippen LogP contribution in [0.1, 0.15) is 43.6 Å². The SMILES string of the molecule is COCC(CCO)NC(=O)CCc1ccc(C2CC2C)o1. The summed E-state index contributed by atoms with van der Waals surface area (Å²) < 4.78 is 10.8. The molecular weight excluding hydrogens is 270 g/mol. The number of rotatable bonds is 9. The number of amides is 1. The van der Waals surface area contributed by atoms with Crippen molar-refractivity contribution in [2.24, 2.45) is 5.92 Å². The van der Waals surface area contributed by atoms with Crippen LogP contribution in [0.15, 0.2) is 16.5 Å². The standard InChI is InChI=1S/C16H25NO4/c1-11-9-14(11)15-5-3-13(21-15)4-6-16(19)17-12(7-8-18)10-20-2/h3,5,11-12,14,18H,4,6-10H2,1-2H3,(H,17,19). The number of aliphatic hydroxyl groups excluding tert-OH is 1. The Hall–Kier alpha value is -1.33. The van der Waals surface area contributed by atoms with Gasteiger partial charge in [-0.05, 0) is 30.9 Å². The summed E-state index contributed by atoms with van der Waals surface area (Å²) in [6.45, 7) is 2.67. The van der Waals surface area contributed by atoms with Gasteiger partial charge < -0.3 is 19.6 Å². The van der Waals surface area contributed by atoms with E-state index in [9.17, 15) is 4.79 Å². The minimum absolute atomic E-state index is 0.0371. The van der Waals surface area contributed by atoms with Gasteiger partial charge in [-0.15, -0.1) is 0 Å². The number of aliphatic hydroxyl groups is 1. The van der Waals surface area contributed by atoms with Gasteiger partial charge in [0, 0.05) is 32.5 Å². The molecule has 118 valence electrons. The van der Waals surface area contributed by atoms with Gasteiger partial charge in [-0.2, -0.15) is 0 Å². The number of furan rings is 1. The predicted molar refractivity (Wildman–Crippen MR) is 79.1 cm³/mol. The van der Waals surface area contributed by atoms with Crippen molar-refractivity contribution in [2.45, 2.75) is 44.6 Å². The van der Waals surface area contributed by atoms with Crippen molar-refractivity contribution < 1.29 is 19.1 Å². The third kappa shape index (κ3) is 4.86. The Morgan fingerprint density at radius 3 is 2.95 bits per heavy atom. The first-order valence-electron chi connectivity index (χ1n) is 7.61. The fourth-order valence-corrected chi connectivity index (χ4v) is 2.54. The van der Waals surface area contributed by atoms with Crippen molar-refractivity contribution in [2.75, 3.05) is 20.3 Å². The molecule has 0 aliphatic heterocycles. The van der Waals surface area contributed by atoms with Gasteiger partial charge >= 0.3 is 0 Å². The normalized spacial score (nSPS) is 22.0. The monoisotopic (exact) mass is 295 g/mol. The van der Waals surface area contributed by atoms with Crippen LogP contribution in [-0.2, 0) is 16.0 Å². The lowest BCUT2D eigenvalue weighted by atomic mass is 10.2. The maximum Gasteiger partial charge on any atom is 0.220 e. The Morgan fingerprint density at radius 2 is 2.33 bits per heavy atom. The van der Waals surface area contributed by atoms with Crippen molar-refractivity contribution >= 4 is 5.91 Å². The van der Waals surface area contributed by atoms with Gasteiger partial charge in [0.2, 0.25) is 5.91 Å². The zero-order valence-corrected chi connectivity index (χ0v) is 12.8. The third-order valence-electron chi connectivity index (χ3n) is 3.97. The Kier molecular flexibility index (Phi) is 5.82. The highest BCUT2D eigenvalue weighted by Crippen LogP contribution is 2.47. The number of aryl methyl sites for hydroxylation is 1. The topological polar surface area (TPSA) is 71.7 Å². The van der Waals surface area contributed by atoms with E-state index < -0.39 is 0 Å². The van der Waals surface area contributed by atoms with Gasteiger partial charge in [0.25, 0.3) is 0 Å². The summed E-state index contributed by atoms with van der Waals surface area (Å²) in [6, 6.07) is 3.86. The minimum atomic E-state index is -0.132. The summed E-state index contributed by atoms with van der Waals surface area (Å²) in [4.78, 5) is 11.9. The number of hydrogen-bond donors (Lipinski definition) is 2. The second-order valence-corrected chi connectivity index (χ2v) is 5.86. The lowest BCUT2D eigenvalue weighted by Gasteiger charge is -2.16. The van der Waals surface area contributed by atoms with Gasteiger partial charge in [-0.3, -0.25) is 4.79 Å². The minimum Gasteiger partial charge on any atom is -0.466 e. The highest BCUT2D eigenvalue weighted by Gasteiger charge is 2.36. The van der Waals surface area contributed by atoms with E-state index in [1.165, 1.54) is 6.42 Å². The van der Waals surface area contributed by atoms with Crippen molar-refractivity contribution in [1.29, 1.82) is 0 Å². The Balaban J connectivity index is 1.73. The van der Waals surface area contributed by atoms with Crippen molar-refractivity contribution in [1.82, 2.24) is 5.32 Å². The van der Waals surface area contributed by atoms with Crippen molar-refractivity contribution in [3.8, 4) is 0 Å². The molecule has 1 aliphatic rings. The highest BCUT2D eigenvalue weighted by molar-refractivity contribution is 5.76. The van der Waals surface area contributed by atoms with Gasteiger partial charge in [0.15, 0.2) is 0 Å². The fourth-order valence-electron chi connectivity index (χ4n) is 2.54. The van der Waals surface area contributed by atoms with Crippen LogP contribution >= 0.6 is 0 Å². The zero-order valence-electron chi connectivity index (χ0n) is 12.8. The molecule has 1 aromatic rings. The molecular formula is C16H25NO4. The van der Waals surface area contributed by atoms with Gasteiger partial charge in [-0.25, -0.2) is 0 Å². The maximum absolute atomic E-state index is 11.9. The number of carbonyl (C=O) groups excluding carboxylic acids is 1. The van der Waals surface area contributed by atoms with Crippen LogP contribution in [0.5, 0.6) is 0 Å². The first kappa shape index (κ1) is 16.0. The molecule has 0 radical (unpaired) electrons. The second kappa shape index (κ2) is 7.61. The molecule has 0 bridgehead atoms. The number of carbonyl (C=O) groups is 1. The number of hydrogen-bond acceptors (Lipinski definition) is 4. The molecule has 1 fully saturated rings. The molecule has 2 rings (SSSR count). The van der Waals surface area contributed by atoms with Crippen LogP contribution < -0.4 is 5.32 Å². The smallest absolute Gasteiger partial charge is 0.220 e. The molecule has 3 atom stereocenters. The number of methoxy groups -OCH3 is 1. The summed E-state index contributed by atoms with van der Waals surface area (Å²) in [7, 11) is 1.58. The molecule has 1 aliphatic carbocycles. The van der Waals surface area contributed by atoms with E-state index in [2.05, 4.69) is 12.2 Å². The second-order valence-electron chi connectivity index (χ2n) is 5.86. The molecule has 5 heteroatoms. The molecule has 2 N–H and O–H groups in total. The Bertz CT molecular complexity index is 451. The van der Waals surface area contributed by atoms with Crippen LogP contribution in [0.2, 0.25) is 0 Å². The largest absolute Gasteiger partial charge is 0.466 e. The van der Waals surface area contributed by atoms with Crippen LogP contribution in [0.25, 0.3) is 0 Å². The average Bonchev–Trinajstić information content (AvgIpc) is 3.00. The van der Waals surface area contributed by atoms with Crippen molar-refractivity contribution in [3.63, 3.8) is 0 Å². The molecule has 1 amide bonds. The van der Waals surface area contributed by atoms with Crippen LogP contribution in [0.3, 0.4) is 0 Å². The van der Waals surface area contributed by atoms with Crippen LogP contribution in [0.4, 0.5) is 0 Å².